The summed E-state index contributed by atoms with van der Waals surface area (Å²) < 4.78 is 0. The summed E-state index contributed by atoms with van der Waals surface area (Å²) in [6, 6.07) is 10.6. The number of hydrogen-bond acceptors (Lipinski definition) is 2. The van der Waals surface area contributed by atoms with Crippen LogP contribution in [-0.4, -0.2) is 18.8 Å². The van der Waals surface area contributed by atoms with E-state index in [-0.39, 0.29) is 0 Å². The van der Waals surface area contributed by atoms with Crippen LogP contribution in [0.3, 0.4) is 0 Å². The summed E-state index contributed by atoms with van der Waals surface area (Å²) in [6.45, 7) is 5.08. The molecule has 0 radical (unpaired) electrons. The Bertz CT molecular complexity index is 185. The fourth-order valence-electron chi connectivity index (χ4n) is 0.933. The molecule has 88 valence electrons. The van der Waals surface area contributed by atoms with Crippen molar-refractivity contribution in [1.82, 2.24) is 0 Å². The predicted octanol–water partition coefficient (Wildman–Crippen LogP) is 2.60. The van der Waals surface area contributed by atoms with Crippen molar-refractivity contribution in [3.05, 3.63) is 35.9 Å². The third-order valence-electron chi connectivity index (χ3n) is 1.67. The second-order valence-electron chi connectivity index (χ2n) is 3.02. The van der Waals surface area contributed by atoms with Gasteiger partial charge >= 0.3 is 0 Å². The zero-order valence-corrected chi connectivity index (χ0v) is 10.2. The van der Waals surface area contributed by atoms with Crippen LogP contribution < -0.4 is 5.73 Å². The molecular formula is C13H25NO. The van der Waals surface area contributed by atoms with Gasteiger partial charge < -0.3 is 10.8 Å². The maximum atomic E-state index is 7.00. The van der Waals surface area contributed by atoms with Crippen molar-refractivity contribution >= 4 is 0 Å². The van der Waals surface area contributed by atoms with Gasteiger partial charge in [-0.05, 0) is 24.9 Å². The summed E-state index contributed by atoms with van der Waals surface area (Å²) in [5, 5.41) is 7.00. The van der Waals surface area contributed by atoms with Crippen LogP contribution in [-0.2, 0) is 6.42 Å². The van der Waals surface area contributed by atoms with Gasteiger partial charge in [0.15, 0.2) is 0 Å². The summed E-state index contributed by atoms with van der Waals surface area (Å²) in [5.74, 6) is 0. The molecule has 2 nitrogen and oxygen atoms in total. The van der Waals surface area contributed by atoms with Crippen LogP contribution in [0.15, 0.2) is 30.3 Å². The minimum atomic E-state index is 0.819. The van der Waals surface area contributed by atoms with Crippen LogP contribution in [0.4, 0.5) is 0 Å². The van der Waals surface area contributed by atoms with Gasteiger partial charge in [-0.3, -0.25) is 0 Å². The summed E-state index contributed by atoms with van der Waals surface area (Å²) in [6.07, 6.45) is 3.55. The Morgan fingerprint density at radius 2 is 1.47 bits per heavy atom. The van der Waals surface area contributed by atoms with E-state index in [1.807, 2.05) is 0 Å². The first-order valence-corrected chi connectivity index (χ1v) is 5.53. The minimum absolute atomic E-state index is 0.819. The Kier molecular flexibility index (Phi) is 17.2. The van der Waals surface area contributed by atoms with Gasteiger partial charge in [0.1, 0.15) is 0 Å². The second kappa shape index (κ2) is 15.6. The Morgan fingerprint density at radius 3 is 1.80 bits per heavy atom. The molecule has 1 aromatic carbocycles. The number of aliphatic hydroxyl groups is 1. The van der Waals surface area contributed by atoms with E-state index in [0.717, 1.165) is 20.1 Å². The monoisotopic (exact) mass is 211 g/mol. The number of benzene rings is 1. The van der Waals surface area contributed by atoms with E-state index in [1.54, 1.807) is 0 Å². The summed E-state index contributed by atoms with van der Waals surface area (Å²) in [4.78, 5) is 0. The zero-order chi connectivity index (χ0) is 11.9. The van der Waals surface area contributed by atoms with Gasteiger partial charge in [0.25, 0.3) is 0 Å². The van der Waals surface area contributed by atoms with E-state index in [2.05, 4.69) is 44.2 Å². The molecule has 1 aromatic rings. The maximum Gasteiger partial charge on any atom is 0.0319 e. The molecule has 0 spiro atoms. The molecule has 0 atom stereocenters. The third kappa shape index (κ3) is 13.1. The molecule has 2 heteroatoms. The number of aryl methyl sites for hydroxylation is 1. The summed E-state index contributed by atoms with van der Waals surface area (Å²) in [5.41, 5.74) is 6.47. The predicted molar refractivity (Wildman–Crippen MR) is 67.9 cm³/mol. The van der Waals surface area contributed by atoms with E-state index in [0.29, 0.717) is 0 Å². The molecule has 0 unspecified atom stereocenters. The van der Waals surface area contributed by atoms with Crippen molar-refractivity contribution in [2.45, 2.75) is 33.1 Å². The fraction of sp³-hybridized carbons (Fsp3) is 0.538. The van der Waals surface area contributed by atoms with Crippen LogP contribution in [0, 0.1) is 0 Å². The molecule has 0 aromatic heterocycles. The molecular weight excluding hydrogens is 186 g/mol. The van der Waals surface area contributed by atoms with Crippen molar-refractivity contribution in [1.29, 1.82) is 0 Å². The normalized spacial score (nSPS) is 8.07. The molecule has 0 bridgehead atoms. The maximum absolute atomic E-state index is 7.00. The van der Waals surface area contributed by atoms with Crippen molar-refractivity contribution in [2.75, 3.05) is 13.7 Å². The lowest BCUT2D eigenvalue weighted by molar-refractivity contribution is 0.399. The summed E-state index contributed by atoms with van der Waals surface area (Å²) in [7, 11) is 1.00. The fourth-order valence-corrected chi connectivity index (χ4v) is 0.933. The molecule has 3 N–H and O–H groups in total. The average Bonchev–Trinajstić information content (AvgIpc) is 2.34. The van der Waals surface area contributed by atoms with Crippen LogP contribution in [0.25, 0.3) is 0 Å². The first-order valence-electron chi connectivity index (χ1n) is 5.53. The van der Waals surface area contributed by atoms with Gasteiger partial charge in [0.05, 0.1) is 0 Å². The zero-order valence-electron chi connectivity index (χ0n) is 10.2. The molecule has 0 fully saturated rings. The van der Waals surface area contributed by atoms with Crippen molar-refractivity contribution in [3.63, 3.8) is 0 Å². The quantitative estimate of drug-likeness (QED) is 0.807. The van der Waals surface area contributed by atoms with Crippen molar-refractivity contribution in [2.24, 2.45) is 5.73 Å². The lowest BCUT2D eigenvalue weighted by Gasteiger charge is -1.93. The van der Waals surface area contributed by atoms with Crippen LogP contribution in [0.2, 0.25) is 0 Å². The number of nitrogens with two attached hydrogens (primary N) is 1. The SMILES string of the molecule is CCCN.CCCc1ccccc1.CO. The van der Waals surface area contributed by atoms with Gasteiger partial charge in [-0.1, -0.05) is 50.6 Å². The smallest absolute Gasteiger partial charge is 0.0319 e. The standard InChI is InChI=1S/C9H12.C3H9N.CH4O/c1-2-6-9-7-4-3-5-8-9;1-2-3-4;1-2/h3-5,7-8H,2,6H2,1H3;2-4H2,1H3;2H,1H3. The molecule has 0 aliphatic carbocycles. The van der Waals surface area contributed by atoms with Gasteiger partial charge in [0.2, 0.25) is 0 Å². The van der Waals surface area contributed by atoms with Gasteiger partial charge in [0, 0.05) is 7.11 Å². The summed E-state index contributed by atoms with van der Waals surface area (Å²) >= 11 is 0. The first-order chi connectivity index (χ1) is 7.35. The van der Waals surface area contributed by atoms with Gasteiger partial charge in [-0.2, -0.15) is 0 Å². The van der Waals surface area contributed by atoms with Crippen LogP contribution in [0.5, 0.6) is 0 Å². The molecule has 0 aliphatic heterocycles. The average molecular weight is 211 g/mol. The highest BCUT2D eigenvalue weighted by Crippen LogP contribution is 2.00. The van der Waals surface area contributed by atoms with Crippen LogP contribution >= 0.6 is 0 Å². The lowest BCUT2D eigenvalue weighted by atomic mass is 10.1. The number of aliphatic hydroxyl groups excluding tert-OH is 1. The lowest BCUT2D eigenvalue weighted by Crippen LogP contribution is -1.93. The number of rotatable bonds is 3. The van der Waals surface area contributed by atoms with E-state index in [4.69, 9.17) is 10.8 Å². The van der Waals surface area contributed by atoms with E-state index in [9.17, 15) is 0 Å². The Labute approximate surface area is 94.1 Å². The molecule has 0 aliphatic rings. The molecule has 0 amide bonds. The van der Waals surface area contributed by atoms with E-state index in [1.165, 1.54) is 18.4 Å². The highest BCUT2D eigenvalue weighted by atomic mass is 16.2. The highest BCUT2D eigenvalue weighted by molar-refractivity contribution is 5.14. The van der Waals surface area contributed by atoms with E-state index >= 15 is 0 Å². The Balaban J connectivity index is 0. The first kappa shape index (κ1) is 16.6. The molecule has 0 saturated heterocycles. The third-order valence-corrected chi connectivity index (χ3v) is 1.67. The molecule has 1 rings (SSSR count). The van der Waals surface area contributed by atoms with Crippen molar-refractivity contribution in [3.8, 4) is 0 Å². The van der Waals surface area contributed by atoms with E-state index < -0.39 is 0 Å². The second-order valence-corrected chi connectivity index (χ2v) is 3.02. The van der Waals surface area contributed by atoms with Gasteiger partial charge in [-0.15, -0.1) is 0 Å². The number of hydrogen-bond donors (Lipinski definition) is 2. The topological polar surface area (TPSA) is 46.2 Å². The minimum Gasteiger partial charge on any atom is -0.400 e. The molecule has 15 heavy (non-hydrogen) atoms. The highest BCUT2D eigenvalue weighted by Gasteiger charge is 1.84. The Hall–Kier alpha value is -0.860. The van der Waals surface area contributed by atoms with Crippen LogP contribution in [0.1, 0.15) is 32.3 Å². The Morgan fingerprint density at radius 1 is 1.00 bits per heavy atom. The van der Waals surface area contributed by atoms with Gasteiger partial charge in [-0.25, -0.2) is 0 Å². The largest absolute Gasteiger partial charge is 0.400 e. The molecule has 0 saturated carbocycles. The molecule has 0 heterocycles. The van der Waals surface area contributed by atoms with Crippen molar-refractivity contribution < 1.29 is 5.11 Å².